The number of carbonyl (C=O) groups is 1. The number of amides is 2. The molecule has 1 aliphatic rings. The quantitative estimate of drug-likeness (QED) is 0.183. The molecule has 228 valence electrons. The van der Waals surface area contributed by atoms with Gasteiger partial charge in [0, 0.05) is 12.1 Å². The van der Waals surface area contributed by atoms with E-state index in [-0.39, 0.29) is 30.9 Å². The molecule has 4 rings (SSSR count). The number of nitrogens with zero attached hydrogens (tertiary/aromatic N) is 1. The van der Waals surface area contributed by atoms with Gasteiger partial charge in [0.25, 0.3) is 5.60 Å². The van der Waals surface area contributed by atoms with Gasteiger partial charge in [-0.15, -0.1) is 0 Å². The molecule has 42 heavy (non-hydrogen) atoms. The zero-order chi connectivity index (χ0) is 30.9. The van der Waals surface area contributed by atoms with Gasteiger partial charge < -0.3 is 20.3 Å². The third kappa shape index (κ3) is 5.74. The second-order valence-corrected chi connectivity index (χ2v) is 10.6. The molecule has 1 heterocycles. The van der Waals surface area contributed by atoms with Gasteiger partial charge in [-0.1, -0.05) is 55.8 Å². The maximum absolute atomic E-state index is 13.3. The summed E-state index contributed by atoms with van der Waals surface area (Å²) >= 11 is 0. The zero-order valence-corrected chi connectivity index (χ0v) is 23.0. The van der Waals surface area contributed by atoms with Crippen LogP contribution in [-0.2, 0) is 17.6 Å². The minimum absolute atomic E-state index is 0.0619. The first-order valence-electron chi connectivity index (χ1n) is 13.5. The number of carbonyl (C=O) groups excluding carboxylic acids is 1. The Kier molecular flexibility index (Phi) is 8.71. The second-order valence-electron chi connectivity index (χ2n) is 10.6. The highest BCUT2D eigenvalue weighted by atomic mass is 19.4. The number of hydrogen-bond donors (Lipinski definition) is 3. The molecule has 2 unspecified atom stereocenters. The van der Waals surface area contributed by atoms with Gasteiger partial charge in [-0.3, -0.25) is 4.90 Å². The van der Waals surface area contributed by atoms with Crippen LogP contribution in [0.25, 0.3) is 10.8 Å². The average molecular weight is 599 g/mol. The highest BCUT2D eigenvalue weighted by Crippen LogP contribution is 2.50. The van der Waals surface area contributed by atoms with Crippen LogP contribution in [0.15, 0.2) is 60.7 Å². The Morgan fingerprint density at radius 2 is 1.62 bits per heavy atom. The number of unbranched alkanes of at least 4 members (excludes halogenated alkanes) is 1. The third-order valence-corrected chi connectivity index (χ3v) is 7.66. The standard InChI is InChI=1S/C30H32F6N2O4/c1-3-8-21-18-23(28(41,29(31,32)33)30(34,35)36)13-14-24(21)42-16-7-6-15-38-25(39)27(2,37-26(38)40)22-12-11-19-9-4-5-10-20(19)17-22/h4-5,9-14,17-18,25,39,41H,3,6-8,15-16H2,1-2H3,(H,37,40). The molecular formula is C30H32F6N2O4. The fourth-order valence-electron chi connectivity index (χ4n) is 5.20. The van der Waals surface area contributed by atoms with Gasteiger partial charge in [0.2, 0.25) is 0 Å². The molecule has 6 nitrogen and oxygen atoms in total. The van der Waals surface area contributed by atoms with Crippen LogP contribution in [0.1, 0.15) is 49.8 Å². The molecule has 0 aliphatic carbocycles. The minimum atomic E-state index is -5.98. The molecule has 0 radical (unpaired) electrons. The van der Waals surface area contributed by atoms with E-state index in [0.717, 1.165) is 22.4 Å². The van der Waals surface area contributed by atoms with E-state index in [9.17, 15) is 41.4 Å². The van der Waals surface area contributed by atoms with Crippen molar-refractivity contribution in [2.75, 3.05) is 13.2 Å². The number of halogens is 6. The van der Waals surface area contributed by atoms with Gasteiger partial charge in [-0.2, -0.15) is 26.3 Å². The van der Waals surface area contributed by atoms with Gasteiger partial charge in [0.05, 0.1) is 6.61 Å². The first kappa shape index (κ1) is 31.4. The number of aliphatic hydroxyl groups excluding tert-OH is 1. The second kappa shape index (κ2) is 11.6. The van der Waals surface area contributed by atoms with Crippen molar-refractivity contribution in [3.8, 4) is 5.75 Å². The lowest BCUT2D eigenvalue weighted by atomic mass is 9.89. The van der Waals surface area contributed by atoms with Crippen molar-refractivity contribution in [1.82, 2.24) is 10.2 Å². The Bertz CT molecular complexity index is 1410. The van der Waals surface area contributed by atoms with E-state index in [0.29, 0.717) is 31.4 Å². The van der Waals surface area contributed by atoms with Crippen LogP contribution in [0, 0.1) is 0 Å². The van der Waals surface area contributed by atoms with Gasteiger partial charge in [0.1, 0.15) is 11.3 Å². The van der Waals surface area contributed by atoms with E-state index in [1.54, 1.807) is 13.8 Å². The summed E-state index contributed by atoms with van der Waals surface area (Å²) in [5.41, 5.74) is -6.56. The first-order valence-corrected chi connectivity index (χ1v) is 13.5. The highest BCUT2D eigenvalue weighted by Gasteiger charge is 2.71. The lowest BCUT2D eigenvalue weighted by Crippen LogP contribution is -2.53. The summed E-state index contributed by atoms with van der Waals surface area (Å²) in [6, 6.07) is 15.2. The normalized spacial score (nSPS) is 19.8. The lowest BCUT2D eigenvalue weighted by Gasteiger charge is -2.33. The van der Waals surface area contributed by atoms with Gasteiger partial charge >= 0.3 is 18.4 Å². The van der Waals surface area contributed by atoms with E-state index in [1.165, 1.54) is 4.90 Å². The number of hydrogen-bond acceptors (Lipinski definition) is 4. The molecule has 1 saturated heterocycles. The fourth-order valence-corrected chi connectivity index (χ4v) is 5.20. The zero-order valence-electron chi connectivity index (χ0n) is 23.0. The maximum atomic E-state index is 13.3. The Hall–Kier alpha value is -3.51. The average Bonchev–Trinajstić information content (AvgIpc) is 3.15. The Labute approximate surface area is 238 Å². The van der Waals surface area contributed by atoms with Crippen LogP contribution in [0.4, 0.5) is 31.1 Å². The van der Waals surface area contributed by atoms with Crippen molar-refractivity contribution in [2.45, 2.75) is 69.3 Å². The van der Waals surface area contributed by atoms with Crippen LogP contribution in [0.3, 0.4) is 0 Å². The van der Waals surface area contributed by atoms with E-state index in [2.05, 4.69) is 5.32 Å². The highest BCUT2D eigenvalue weighted by molar-refractivity contribution is 5.84. The molecular weight excluding hydrogens is 566 g/mol. The molecule has 0 spiro atoms. The summed E-state index contributed by atoms with van der Waals surface area (Å²) in [5.74, 6) is 0.107. The minimum Gasteiger partial charge on any atom is -0.493 e. The topological polar surface area (TPSA) is 82.0 Å². The van der Waals surface area contributed by atoms with Crippen molar-refractivity contribution in [3.63, 3.8) is 0 Å². The Morgan fingerprint density at radius 1 is 0.952 bits per heavy atom. The van der Waals surface area contributed by atoms with Crippen LogP contribution in [0.5, 0.6) is 5.75 Å². The fraction of sp³-hybridized carbons (Fsp3) is 0.433. The largest absolute Gasteiger partial charge is 0.493 e. The number of fused-ring (bicyclic) bond motifs is 1. The molecule has 0 saturated carbocycles. The lowest BCUT2D eigenvalue weighted by molar-refractivity contribution is -0.376. The monoisotopic (exact) mass is 598 g/mol. The van der Waals surface area contributed by atoms with Crippen molar-refractivity contribution < 1.29 is 46.1 Å². The van der Waals surface area contributed by atoms with Crippen LogP contribution >= 0.6 is 0 Å². The third-order valence-electron chi connectivity index (χ3n) is 7.66. The molecule has 3 aromatic rings. The van der Waals surface area contributed by atoms with Crippen molar-refractivity contribution in [3.05, 3.63) is 77.4 Å². The summed E-state index contributed by atoms with van der Waals surface area (Å²) < 4.78 is 85.7. The molecule has 3 N–H and O–H groups in total. The predicted molar refractivity (Wildman–Crippen MR) is 144 cm³/mol. The Morgan fingerprint density at radius 3 is 2.26 bits per heavy atom. The van der Waals surface area contributed by atoms with E-state index >= 15 is 0 Å². The van der Waals surface area contributed by atoms with Gasteiger partial charge in [-0.25, -0.2) is 4.79 Å². The molecule has 12 heteroatoms. The van der Waals surface area contributed by atoms with E-state index in [4.69, 9.17) is 4.74 Å². The number of alkyl halides is 6. The molecule has 1 aliphatic heterocycles. The Balaban J connectivity index is 1.39. The number of urea groups is 1. The van der Waals surface area contributed by atoms with Crippen LogP contribution in [-0.4, -0.2) is 52.9 Å². The SMILES string of the molecule is CCCc1cc(C(O)(C(F)(F)F)C(F)(F)F)ccc1OCCCCN1C(=O)NC(C)(c2ccc3ccccc3c2)C1O. The molecule has 2 amide bonds. The summed E-state index contributed by atoms with van der Waals surface area (Å²) in [6.45, 7) is 3.69. The van der Waals surface area contributed by atoms with Crippen LogP contribution < -0.4 is 10.1 Å². The number of rotatable bonds is 10. The first-order chi connectivity index (χ1) is 19.6. The summed E-state index contributed by atoms with van der Waals surface area (Å²) in [5, 5.41) is 25.7. The molecule has 3 aromatic carbocycles. The predicted octanol–water partition coefficient (Wildman–Crippen LogP) is 6.52. The van der Waals surface area contributed by atoms with Crippen molar-refractivity contribution in [1.29, 1.82) is 0 Å². The number of ether oxygens (including phenoxy) is 1. The number of benzene rings is 3. The van der Waals surface area contributed by atoms with Crippen molar-refractivity contribution >= 4 is 16.8 Å². The summed E-state index contributed by atoms with van der Waals surface area (Å²) in [7, 11) is 0. The molecule has 1 fully saturated rings. The number of aryl methyl sites for hydroxylation is 1. The van der Waals surface area contributed by atoms with Crippen molar-refractivity contribution in [2.24, 2.45) is 0 Å². The summed E-state index contributed by atoms with van der Waals surface area (Å²) in [6.07, 6.45) is -11.8. The van der Waals surface area contributed by atoms with Gasteiger partial charge in [-0.05, 0) is 66.3 Å². The molecule has 0 aromatic heterocycles. The van der Waals surface area contributed by atoms with E-state index < -0.39 is 41.3 Å². The van der Waals surface area contributed by atoms with E-state index in [1.807, 2.05) is 42.5 Å². The summed E-state index contributed by atoms with van der Waals surface area (Å²) in [4.78, 5) is 14.0. The molecule has 2 atom stereocenters. The van der Waals surface area contributed by atoms with Crippen LogP contribution in [0.2, 0.25) is 0 Å². The molecule has 0 bridgehead atoms. The number of nitrogens with one attached hydrogen (secondary N) is 1. The maximum Gasteiger partial charge on any atom is 0.430 e. The number of aliphatic hydroxyl groups is 2. The van der Waals surface area contributed by atoms with Gasteiger partial charge in [0.15, 0.2) is 6.23 Å². The smallest absolute Gasteiger partial charge is 0.430 e.